The van der Waals surface area contributed by atoms with Gasteiger partial charge in [0.1, 0.15) is 11.9 Å². The number of nitrogens with one attached hydrogen (secondary N) is 1. The number of sulfonamides is 1. The van der Waals surface area contributed by atoms with Gasteiger partial charge in [0.25, 0.3) is 0 Å². The maximum Gasteiger partial charge on any atom is 0.241 e. The molecule has 0 amide bonds. The van der Waals surface area contributed by atoms with E-state index in [9.17, 15) is 17.2 Å². The summed E-state index contributed by atoms with van der Waals surface area (Å²) in [6.45, 7) is 0. The molecule has 0 saturated heterocycles. The van der Waals surface area contributed by atoms with Crippen LogP contribution in [0.25, 0.3) is 0 Å². The Morgan fingerprint density at radius 3 is 2.40 bits per heavy atom. The van der Waals surface area contributed by atoms with E-state index >= 15 is 0 Å². The van der Waals surface area contributed by atoms with Crippen LogP contribution in [0, 0.1) is 11.6 Å². The van der Waals surface area contributed by atoms with Crippen LogP contribution in [0.3, 0.4) is 0 Å². The van der Waals surface area contributed by atoms with Crippen molar-refractivity contribution < 1.29 is 17.2 Å². The number of hydrogen-bond acceptors (Lipinski definition) is 3. The van der Waals surface area contributed by atoms with Crippen LogP contribution in [0.1, 0.15) is 17.4 Å². The zero-order valence-corrected chi connectivity index (χ0v) is 14.0. The zero-order valence-electron chi connectivity index (χ0n) is 13.2. The lowest BCUT2D eigenvalue weighted by atomic mass is 10.1. The quantitative estimate of drug-likeness (QED) is 0.758. The molecule has 0 fully saturated rings. The molecular formula is C17H15F2N3O2S. The number of halogens is 2. The first kappa shape index (κ1) is 17.2. The van der Waals surface area contributed by atoms with Crippen LogP contribution in [0.5, 0.6) is 0 Å². The summed E-state index contributed by atoms with van der Waals surface area (Å²) >= 11 is 0. The predicted octanol–water partition coefficient (Wildman–Crippen LogP) is 2.77. The van der Waals surface area contributed by atoms with Crippen LogP contribution >= 0.6 is 0 Å². The van der Waals surface area contributed by atoms with Gasteiger partial charge in [-0.15, -0.1) is 0 Å². The van der Waals surface area contributed by atoms with Gasteiger partial charge in [-0.1, -0.05) is 30.3 Å². The minimum atomic E-state index is -4.10. The third-order valence-electron chi connectivity index (χ3n) is 3.72. The summed E-state index contributed by atoms with van der Waals surface area (Å²) in [7, 11) is -2.36. The average molecular weight is 363 g/mol. The molecule has 130 valence electrons. The molecule has 2 aromatic carbocycles. The van der Waals surface area contributed by atoms with Crippen LogP contribution < -0.4 is 4.72 Å². The summed E-state index contributed by atoms with van der Waals surface area (Å²) in [5.41, 5.74) is 0.669. The molecule has 5 nitrogen and oxygen atoms in total. The molecule has 3 aromatic rings. The van der Waals surface area contributed by atoms with E-state index in [1.807, 2.05) is 6.07 Å². The van der Waals surface area contributed by atoms with E-state index in [-0.39, 0.29) is 4.90 Å². The molecule has 1 aromatic heterocycles. The summed E-state index contributed by atoms with van der Waals surface area (Å²) in [5.74, 6) is -1.86. The van der Waals surface area contributed by atoms with Gasteiger partial charge in [-0.2, -0.15) is 4.72 Å². The molecule has 0 spiro atoms. The maximum atomic E-state index is 13.4. The highest BCUT2D eigenvalue weighted by Crippen LogP contribution is 2.23. The van der Waals surface area contributed by atoms with Gasteiger partial charge < -0.3 is 4.57 Å². The van der Waals surface area contributed by atoms with Crippen LogP contribution in [-0.4, -0.2) is 18.0 Å². The number of hydrogen-bond donors (Lipinski definition) is 1. The number of rotatable bonds is 5. The standard InChI is InChI=1S/C17H15F2N3O2S/c1-22-10-9-20-17(22)16(12-5-3-2-4-6-12)21-25(23,24)13-7-8-14(18)15(19)11-13/h2-11,16,21H,1H3/t16-/m1/s1. The molecule has 0 unspecified atom stereocenters. The Balaban J connectivity index is 2.03. The second kappa shape index (κ2) is 6.73. The van der Waals surface area contributed by atoms with E-state index in [2.05, 4.69) is 9.71 Å². The highest BCUT2D eigenvalue weighted by molar-refractivity contribution is 7.89. The van der Waals surface area contributed by atoms with Crippen molar-refractivity contribution in [1.82, 2.24) is 14.3 Å². The van der Waals surface area contributed by atoms with Crippen molar-refractivity contribution in [1.29, 1.82) is 0 Å². The van der Waals surface area contributed by atoms with E-state index in [0.717, 1.165) is 12.1 Å². The van der Waals surface area contributed by atoms with Crippen molar-refractivity contribution in [3.63, 3.8) is 0 Å². The first-order valence-electron chi connectivity index (χ1n) is 7.38. The van der Waals surface area contributed by atoms with Gasteiger partial charge >= 0.3 is 0 Å². The summed E-state index contributed by atoms with van der Waals surface area (Å²) in [5, 5.41) is 0. The minimum absolute atomic E-state index is 0.360. The van der Waals surface area contributed by atoms with Crippen molar-refractivity contribution in [2.24, 2.45) is 7.05 Å². The Morgan fingerprint density at radius 1 is 1.08 bits per heavy atom. The second-order valence-corrected chi connectivity index (χ2v) is 7.15. The fourth-order valence-corrected chi connectivity index (χ4v) is 3.63. The normalized spacial score (nSPS) is 12.9. The Hall–Kier alpha value is -2.58. The lowest BCUT2D eigenvalue weighted by Crippen LogP contribution is -2.31. The van der Waals surface area contributed by atoms with Gasteiger partial charge in [0.2, 0.25) is 10.0 Å². The van der Waals surface area contributed by atoms with Gasteiger partial charge in [-0.25, -0.2) is 22.2 Å². The van der Waals surface area contributed by atoms with Gasteiger partial charge in [-0.3, -0.25) is 0 Å². The Morgan fingerprint density at radius 2 is 1.80 bits per heavy atom. The first-order valence-corrected chi connectivity index (χ1v) is 8.86. The molecule has 8 heteroatoms. The fraction of sp³-hybridized carbons (Fsp3) is 0.118. The average Bonchev–Trinajstić information content (AvgIpc) is 3.02. The van der Waals surface area contributed by atoms with Crippen molar-refractivity contribution in [2.75, 3.05) is 0 Å². The molecular weight excluding hydrogens is 348 g/mol. The molecule has 25 heavy (non-hydrogen) atoms. The van der Waals surface area contributed by atoms with E-state index in [1.165, 1.54) is 0 Å². The minimum Gasteiger partial charge on any atom is -0.336 e. The monoisotopic (exact) mass is 363 g/mol. The van der Waals surface area contributed by atoms with Gasteiger partial charge in [-0.05, 0) is 23.8 Å². The van der Waals surface area contributed by atoms with Crippen molar-refractivity contribution in [2.45, 2.75) is 10.9 Å². The van der Waals surface area contributed by atoms with Crippen LogP contribution in [0.4, 0.5) is 8.78 Å². The SMILES string of the molecule is Cn1ccnc1[C@H](NS(=O)(=O)c1ccc(F)c(F)c1)c1ccccc1. The topological polar surface area (TPSA) is 64.0 Å². The number of aryl methyl sites for hydroxylation is 1. The van der Waals surface area contributed by atoms with Crippen molar-refractivity contribution in [3.05, 3.63) is 83.9 Å². The first-order chi connectivity index (χ1) is 11.9. The van der Waals surface area contributed by atoms with Crippen LogP contribution in [-0.2, 0) is 17.1 Å². The van der Waals surface area contributed by atoms with Gasteiger partial charge in [0.05, 0.1) is 4.90 Å². The molecule has 1 heterocycles. The largest absolute Gasteiger partial charge is 0.336 e. The van der Waals surface area contributed by atoms with Crippen LogP contribution in [0.2, 0.25) is 0 Å². The summed E-state index contributed by atoms with van der Waals surface area (Å²) in [6, 6.07) is 10.5. The number of benzene rings is 2. The maximum absolute atomic E-state index is 13.4. The van der Waals surface area contributed by atoms with Gasteiger partial charge in [0.15, 0.2) is 11.6 Å². The smallest absolute Gasteiger partial charge is 0.241 e. The molecule has 0 radical (unpaired) electrons. The number of imidazole rings is 1. The lowest BCUT2D eigenvalue weighted by molar-refractivity contribution is 0.503. The molecule has 0 aliphatic heterocycles. The van der Waals surface area contributed by atoms with Crippen LogP contribution in [0.15, 0.2) is 65.8 Å². The Kier molecular flexibility index (Phi) is 4.65. The third-order valence-corrected chi connectivity index (χ3v) is 5.14. The van der Waals surface area contributed by atoms with E-state index < -0.39 is 27.7 Å². The number of aromatic nitrogens is 2. The van der Waals surface area contributed by atoms with Crippen molar-refractivity contribution >= 4 is 10.0 Å². The predicted molar refractivity (Wildman–Crippen MR) is 88.2 cm³/mol. The molecule has 0 bridgehead atoms. The summed E-state index contributed by atoms with van der Waals surface area (Å²) in [4.78, 5) is 3.84. The molecule has 0 saturated carbocycles. The highest BCUT2D eigenvalue weighted by atomic mass is 32.2. The summed E-state index contributed by atoms with van der Waals surface area (Å²) < 4.78 is 56.0. The molecule has 0 aliphatic rings. The number of nitrogens with zero attached hydrogens (tertiary/aromatic N) is 2. The molecule has 0 aliphatic carbocycles. The van der Waals surface area contributed by atoms with Gasteiger partial charge in [0, 0.05) is 19.4 Å². The van der Waals surface area contributed by atoms with E-state index in [1.54, 1.807) is 48.3 Å². The van der Waals surface area contributed by atoms with E-state index in [0.29, 0.717) is 17.5 Å². The second-order valence-electron chi connectivity index (χ2n) is 5.44. The zero-order chi connectivity index (χ0) is 18.0. The van der Waals surface area contributed by atoms with Crippen molar-refractivity contribution in [3.8, 4) is 0 Å². The molecule has 3 rings (SSSR count). The molecule has 1 atom stereocenters. The molecule has 1 N–H and O–H groups in total. The Labute approximate surface area is 144 Å². The van der Waals surface area contributed by atoms with E-state index in [4.69, 9.17) is 0 Å². The Bertz CT molecular complexity index is 988. The highest BCUT2D eigenvalue weighted by Gasteiger charge is 2.26. The lowest BCUT2D eigenvalue weighted by Gasteiger charge is -2.19. The third kappa shape index (κ3) is 3.59. The fourth-order valence-electron chi connectivity index (χ4n) is 2.44. The summed E-state index contributed by atoms with van der Waals surface area (Å²) in [6.07, 6.45) is 3.24.